The first-order chi connectivity index (χ1) is 16.7. The molecule has 0 saturated heterocycles. The molecule has 0 radical (unpaired) electrons. The van der Waals surface area contributed by atoms with Crippen LogP contribution in [0.4, 0.5) is 0 Å². The molecule has 0 unspecified atom stereocenters. The van der Waals surface area contributed by atoms with Gasteiger partial charge in [0.2, 0.25) is 10.0 Å². The lowest BCUT2D eigenvalue weighted by atomic mass is 10.0. The van der Waals surface area contributed by atoms with E-state index in [2.05, 4.69) is 10.8 Å². The predicted molar refractivity (Wildman–Crippen MR) is 139 cm³/mol. The van der Waals surface area contributed by atoms with Crippen molar-refractivity contribution < 1.29 is 23.1 Å². The Balaban J connectivity index is 1.32. The van der Waals surface area contributed by atoms with Crippen molar-refractivity contribution in [2.45, 2.75) is 23.6 Å². The summed E-state index contributed by atoms with van der Waals surface area (Å²) in [5.74, 6) is 0.845. The van der Waals surface area contributed by atoms with E-state index in [-0.39, 0.29) is 17.0 Å². The molecule has 0 aliphatic rings. The standard InChI is InChI=1S/C27H25NO5S2/c1-18-15-25(17-26(19(18)2)27(29)30)35(31,32)28-13-14-34-24-11-9-22(10-12-24)33-23-8-7-20-5-3-4-6-21(20)16-23/h3-12,15-17,28H,13-14H2,1-2H3,(H,29,30). The summed E-state index contributed by atoms with van der Waals surface area (Å²) in [5.41, 5.74) is 1.16. The summed E-state index contributed by atoms with van der Waals surface area (Å²) in [6.07, 6.45) is 0. The fourth-order valence-electron chi connectivity index (χ4n) is 3.60. The number of rotatable bonds is 9. The summed E-state index contributed by atoms with van der Waals surface area (Å²) in [6.45, 7) is 3.57. The molecule has 0 aromatic heterocycles. The number of ether oxygens (including phenoxy) is 1. The summed E-state index contributed by atoms with van der Waals surface area (Å²) < 4.78 is 33.8. The van der Waals surface area contributed by atoms with Crippen LogP contribution in [0.2, 0.25) is 0 Å². The van der Waals surface area contributed by atoms with Crippen LogP contribution in [0.3, 0.4) is 0 Å². The topological polar surface area (TPSA) is 92.7 Å². The van der Waals surface area contributed by atoms with Gasteiger partial charge in [-0.2, -0.15) is 0 Å². The molecule has 4 rings (SSSR count). The van der Waals surface area contributed by atoms with Gasteiger partial charge in [0.05, 0.1) is 10.5 Å². The van der Waals surface area contributed by atoms with Crippen molar-refractivity contribution in [1.82, 2.24) is 4.72 Å². The number of carbonyl (C=O) groups is 1. The third-order valence-corrected chi connectivity index (χ3v) is 8.08. The normalized spacial score (nSPS) is 11.5. The molecule has 0 heterocycles. The predicted octanol–water partition coefficient (Wildman–Crippen LogP) is 6.02. The molecule has 0 saturated carbocycles. The second kappa shape index (κ2) is 10.5. The van der Waals surface area contributed by atoms with Gasteiger partial charge in [0, 0.05) is 17.2 Å². The highest BCUT2D eigenvalue weighted by Gasteiger charge is 2.19. The van der Waals surface area contributed by atoms with Gasteiger partial charge in [-0.15, -0.1) is 11.8 Å². The average Bonchev–Trinajstić information content (AvgIpc) is 2.84. The molecule has 4 aromatic carbocycles. The molecule has 0 atom stereocenters. The summed E-state index contributed by atoms with van der Waals surface area (Å²) in [5, 5.41) is 11.6. The number of nitrogens with one attached hydrogen (secondary N) is 1. The number of sulfonamides is 1. The van der Waals surface area contributed by atoms with E-state index in [1.807, 2.05) is 60.7 Å². The van der Waals surface area contributed by atoms with Crippen LogP contribution in [0.15, 0.2) is 88.7 Å². The van der Waals surface area contributed by atoms with Gasteiger partial charge in [0.25, 0.3) is 0 Å². The molecule has 180 valence electrons. The lowest BCUT2D eigenvalue weighted by Gasteiger charge is -2.11. The van der Waals surface area contributed by atoms with E-state index in [0.717, 1.165) is 21.4 Å². The minimum atomic E-state index is -3.81. The summed E-state index contributed by atoms with van der Waals surface area (Å²) in [6, 6.07) is 24.4. The second-order valence-corrected chi connectivity index (χ2v) is 11.0. The zero-order valence-electron chi connectivity index (χ0n) is 19.3. The van der Waals surface area contributed by atoms with E-state index >= 15 is 0 Å². The van der Waals surface area contributed by atoms with Crippen molar-refractivity contribution in [1.29, 1.82) is 0 Å². The largest absolute Gasteiger partial charge is 0.478 e. The fourth-order valence-corrected chi connectivity index (χ4v) is 5.64. The Morgan fingerprint density at radius 2 is 1.60 bits per heavy atom. The van der Waals surface area contributed by atoms with E-state index in [1.165, 1.54) is 23.9 Å². The zero-order valence-corrected chi connectivity index (χ0v) is 20.9. The van der Waals surface area contributed by atoms with Crippen LogP contribution in [0.25, 0.3) is 10.8 Å². The lowest BCUT2D eigenvalue weighted by Crippen LogP contribution is -2.26. The Morgan fingerprint density at radius 3 is 2.31 bits per heavy atom. The average molecular weight is 508 g/mol. The molecule has 0 bridgehead atoms. The van der Waals surface area contributed by atoms with Crippen LogP contribution < -0.4 is 9.46 Å². The quantitative estimate of drug-likeness (QED) is 0.213. The Morgan fingerprint density at radius 1 is 0.914 bits per heavy atom. The Labute approximate surface area is 209 Å². The van der Waals surface area contributed by atoms with Gasteiger partial charge in [0.15, 0.2) is 0 Å². The van der Waals surface area contributed by atoms with Crippen LogP contribution in [0.5, 0.6) is 11.5 Å². The van der Waals surface area contributed by atoms with Gasteiger partial charge in [-0.1, -0.05) is 30.3 Å². The highest BCUT2D eigenvalue weighted by Crippen LogP contribution is 2.28. The molecule has 8 heteroatoms. The van der Waals surface area contributed by atoms with Gasteiger partial charge in [0.1, 0.15) is 11.5 Å². The van der Waals surface area contributed by atoms with Crippen LogP contribution in [-0.2, 0) is 10.0 Å². The molecule has 2 N–H and O–H groups in total. The van der Waals surface area contributed by atoms with Gasteiger partial charge < -0.3 is 9.84 Å². The summed E-state index contributed by atoms with van der Waals surface area (Å²) in [4.78, 5) is 12.4. The molecule has 0 aliphatic carbocycles. The first kappa shape index (κ1) is 24.8. The minimum absolute atomic E-state index is 0.00857. The third kappa shape index (κ3) is 6.03. The summed E-state index contributed by atoms with van der Waals surface area (Å²) in [7, 11) is -3.81. The number of thioether (sulfide) groups is 1. The summed E-state index contributed by atoms with van der Waals surface area (Å²) >= 11 is 1.51. The van der Waals surface area contributed by atoms with Crippen molar-refractivity contribution in [3.63, 3.8) is 0 Å². The maximum absolute atomic E-state index is 12.7. The van der Waals surface area contributed by atoms with E-state index in [0.29, 0.717) is 22.6 Å². The molecule has 6 nitrogen and oxygen atoms in total. The van der Waals surface area contributed by atoms with Crippen molar-refractivity contribution >= 4 is 38.5 Å². The van der Waals surface area contributed by atoms with Crippen LogP contribution in [-0.4, -0.2) is 31.8 Å². The lowest BCUT2D eigenvalue weighted by molar-refractivity contribution is 0.0695. The van der Waals surface area contributed by atoms with E-state index in [9.17, 15) is 18.3 Å². The fraction of sp³-hybridized carbons (Fsp3) is 0.148. The van der Waals surface area contributed by atoms with Crippen LogP contribution >= 0.6 is 11.8 Å². The maximum Gasteiger partial charge on any atom is 0.336 e. The van der Waals surface area contributed by atoms with Crippen molar-refractivity contribution in [3.8, 4) is 11.5 Å². The highest BCUT2D eigenvalue weighted by molar-refractivity contribution is 7.99. The van der Waals surface area contributed by atoms with Crippen molar-refractivity contribution in [2.75, 3.05) is 12.3 Å². The number of aromatic carboxylic acids is 1. The molecule has 0 fully saturated rings. The Hall–Kier alpha value is -3.33. The van der Waals surface area contributed by atoms with E-state index in [4.69, 9.17) is 4.74 Å². The van der Waals surface area contributed by atoms with E-state index < -0.39 is 16.0 Å². The molecule has 0 aliphatic heterocycles. The van der Waals surface area contributed by atoms with Crippen LogP contribution in [0, 0.1) is 13.8 Å². The Kier molecular flexibility index (Phi) is 7.45. The van der Waals surface area contributed by atoms with Crippen molar-refractivity contribution in [2.24, 2.45) is 0 Å². The van der Waals surface area contributed by atoms with Gasteiger partial charge >= 0.3 is 5.97 Å². The van der Waals surface area contributed by atoms with Gasteiger partial charge in [-0.25, -0.2) is 17.9 Å². The van der Waals surface area contributed by atoms with Crippen LogP contribution in [0.1, 0.15) is 21.5 Å². The molecule has 4 aromatic rings. The zero-order chi connectivity index (χ0) is 25.0. The smallest absolute Gasteiger partial charge is 0.336 e. The number of carboxylic acids is 1. The second-order valence-electron chi connectivity index (χ2n) is 8.05. The minimum Gasteiger partial charge on any atom is -0.478 e. The van der Waals surface area contributed by atoms with Crippen molar-refractivity contribution in [3.05, 3.63) is 95.6 Å². The van der Waals surface area contributed by atoms with E-state index in [1.54, 1.807) is 13.8 Å². The van der Waals surface area contributed by atoms with Gasteiger partial charge in [-0.3, -0.25) is 0 Å². The monoisotopic (exact) mass is 507 g/mol. The molecular formula is C27H25NO5S2. The number of hydrogen-bond donors (Lipinski definition) is 2. The molecule has 35 heavy (non-hydrogen) atoms. The number of fused-ring (bicyclic) bond motifs is 1. The first-order valence-electron chi connectivity index (χ1n) is 11.0. The number of carboxylic acid groups (broad SMARTS) is 1. The van der Waals surface area contributed by atoms with Gasteiger partial charge in [-0.05, 0) is 84.3 Å². The Bertz CT molecular complexity index is 1480. The maximum atomic E-state index is 12.7. The molecular weight excluding hydrogens is 482 g/mol. The number of benzene rings is 4. The highest BCUT2D eigenvalue weighted by atomic mass is 32.2. The number of hydrogen-bond acceptors (Lipinski definition) is 5. The number of aryl methyl sites for hydroxylation is 1. The third-order valence-electron chi connectivity index (χ3n) is 5.62. The molecule has 0 spiro atoms. The first-order valence-corrected chi connectivity index (χ1v) is 13.4. The SMILES string of the molecule is Cc1cc(S(=O)(=O)NCCSc2ccc(Oc3ccc4ccccc4c3)cc2)cc(C(=O)O)c1C. The molecule has 0 amide bonds.